The molecule has 0 fully saturated rings. The van der Waals surface area contributed by atoms with Gasteiger partial charge < -0.3 is 9.84 Å². The van der Waals surface area contributed by atoms with Gasteiger partial charge in [0.1, 0.15) is 16.4 Å². The van der Waals surface area contributed by atoms with Crippen LogP contribution in [0.4, 0.5) is 0 Å². The number of aryl methyl sites for hydroxylation is 1. The Morgan fingerprint density at radius 1 is 0.900 bits per heavy atom. The number of benzene rings is 2. The van der Waals surface area contributed by atoms with Crippen LogP contribution in [-0.4, -0.2) is 13.0 Å². The molecular formula is C23H31KO5S. The van der Waals surface area contributed by atoms with Crippen molar-refractivity contribution in [3.63, 3.8) is 0 Å². The van der Waals surface area contributed by atoms with Gasteiger partial charge in [0.25, 0.3) is 10.1 Å². The molecule has 0 aliphatic rings. The third-order valence-corrected chi connectivity index (χ3v) is 5.80. The van der Waals surface area contributed by atoms with Crippen molar-refractivity contribution in [3.8, 4) is 17.2 Å². The Hall–Kier alpha value is -0.414. The summed E-state index contributed by atoms with van der Waals surface area (Å²) in [4.78, 5) is -0.498. The number of unbranched alkanes of at least 4 members (excludes halogenated alkanes) is 8. The van der Waals surface area contributed by atoms with Crippen molar-refractivity contribution < 1.29 is 74.2 Å². The van der Waals surface area contributed by atoms with E-state index in [1.807, 2.05) is 6.07 Å². The molecule has 0 aromatic heterocycles. The summed E-state index contributed by atoms with van der Waals surface area (Å²) in [6.07, 6.45) is 11.2. The summed E-state index contributed by atoms with van der Waals surface area (Å²) in [7, 11) is -4.56. The topological polar surface area (TPSA) is 86.7 Å². The van der Waals surface area contributed by atoms with E-state index in [0.717, 1.165) is 25.3 Å². The summed E-state index contributed by atoms with van der Waals surface area (Å²) >= 11 is 0. The van der Waals surface area contributed by atoms with Gasteiger partial charge in [-0.2, -0.15) is 8.42 Å². The minimum atomic E-state index is -4.56. The third kappa shape index (κ3) is 9.81. The monoisotopic (exact) mass is 458 g/mol. The van der Waals surface area contributed by atoms with E-state index in [1.165, 1.54) is 44.6 Å². The predicted molar refractivity (Wildman–Crippen MR) is 113 cm³/mol. The van der Waals surface area contributed by atoms with Gasteiger partial charge >= 0.3 is 51.4 Å². The van der Waals surface area contributed by atoms with Crippen molar-refractivity contribution in [2.75, 3.05) is 0 Å². The van der Waals surface area contributed by atoms with Crippen molar-refractivity contribution in [1.82, 2.24) is 0 Å². The van der Waals surface area contributed by atoms with Crippen molar-refractivity contribution in [1.29, 1.82) is 0 Å². The van der Waals surface area contributed by atoms with Crippen LogP contribution in [0.2, 0.25) is 0 Å². The molecule has 1 N–H and O–H groups in total. The molecule has 2 aromatic rings. The summed E-state index contributed by atoms with van der Waals surface area (Å²) < 4.78 is 38.5. The minimum absolute atomic E-state index is 0. The molecule has 0 amide bonds. The largest absolute Gasteiger partial charge is 1.00 e. The van der Waals surface area contributed by atoms with Crippen LogP contribution in [-0.2, 0) is 16.5 Å². The molecule has 0 saturated heterocycles. The maximum Gasteiger partial charge on any atom is 1.00 e. The van der Waals surface area contributed by atoms with E-state index < -0.39 is 20.8 Å². The molecule has 0 aliphatic heterocycles. The van der Waals surface area contributed by atoms with Gasteiger partial charge in [-0.3, -0.25) is 4.55 Å². The maximum absolute atomic E-state index is 12.3. The zero-order chi connectivity index (χ0) is 21.1. The molecule has 30 heavy (non-hydrogen) atoms. The maximum atomic E-state index is 12.3. The third-order valence-electron chi connectivity index (χ3n) is 4.93. The van der Waals surface area contributed by atoms with Gasteiger partial charge in [0, 0.05) is 0 Å². The average Bonchev–Trinajstić information content (AvgIpc) is 2.68. The van der Waals surface area contributed by atoms with E-state index in [-0.39, 0.29) is 57.1 Å². The molecular weight excluding hydrogens is 427 g/mol. The molecule has 0 heterocycles. The molecule has 2 aromatic carbocycles. The Bertz CT molecular complexity index is 853. The van der Waals surface area contributed by atoms with Crippen molar-refractivity contribution in [2.24, 2.45) is 0 Å². The van der Waals surface area contributed by atoms with Crippen LogP contribution >= 0.6 is 0 Å². The van der Waals surface area contributed by atoms with Gasteiger partial charge in [-0.25, -0.2) is 0 Å². The molecule has 0 bridgehead atoms. The normalized spacial score (nSPS) is 11.1. The van der Waals surface area contributed by atoms with Crippen LogP contribution in [0.1, 0.15) is 70.3 Å². The van der Waals surface area contributed by atoms with Crippen LogP contribution < -0.4 is 61.2 Å². The summed E-state index contributed by atoms with van der Waals surface area (Å²) in [5.74, 6) is 0.0203. The second-order valence-corrected chi connectivity index (χ2v) is 8.77. The second-order valence-electron chi connectivity index (χ2n) is 7.38. The van der Waals surface area contributed by atoms with E-state index in [4.69, 9.17) is 4.74 Å². The van der Waals surface area contributed by atoms with Crippen LogP contribution in [0.15, 0.2) is 47.4 Å². The molecule has 0 unspecified atom stereocenters. The van der Waals surface area contributed by atoms with Gasteiger partial charge in [-0.15, -0.1) is 5.75 Å². The van der Waals surface area contributed by atoms with E-state index in [1.54, 1.807) is 24.3 Å². The van der Waals surface area contributed by atoms with Crippen LogP contribution in [0.3, 0.4) is 0 Å². The van der Waals surface area contributed by atoms with Gasteiger partial charge in [-0.05, 0) is 37.1 Å². The number of hydrogen-bond donors (Lipinski definition) is 1. The van der Waals surface area contributed by atoms with Crippen LogP contribution in [0.25, 0.3) is 0 Å². The number of ether oxygens (including phenoxy) is 1. The fourth-order valence-corrected chi connectivity index (χ4v) is 3.91. The zero-order valence-corrected chi connectivity index (χ0v) is 22.0. The first-order valence-electron chi connectivity index (χ1n) is 10.5. The first-order valence-corrected chi connectivity index (χ1v) is 11.9. The Balaban J connectivity index is 0.00000450. The Kier molecular flexibility index (Phi) is 13.5. The Labute approximate surface area is 223 Å². The van der Waals surface area contributed by atoms with Gasteiger partial charge in [0.15, 0.2) is 0 Å². The molecule has 160 valence electrons. The van der Waals surface area contributed by atoms with Crippen molar-refractivity contribution in [3.05, 3.63) is 48.0 Å². The van der Waals surface area contributed by atoms with E-state index in [2.05, 4.69) is 6.92 Å². The summed E-state index contributed by atoms with van der Waals surface area (Å²) in [6.45, 7) is 2.21. The molecule has 0 spiro atoms. The summed E-state index contributed by atoms with van der Waals surface area (Å²) in [5, 5.41) is 12.3. The predicted octanol–water partition coefficient (Wildman–Crippen LogP) is 2.88. The Morgan fingerprint density at radius 3 is 2.03 bits per heavy atom. The molecule has 0 atom stereocenters. The molecule has 0 aliphatic carbocycles. The second kappa shape index (κ2) is 14.6. The van der Waals surface area contributed by atoms with Crippen LogP contribution in [0, 0.1) is 0 Å². The molecule has 0 saturated carbocycles. The summed E-state index contributed by atoms with van der Waals surface area (Å²) in [6, 6.07) is 11.1. The smallest absolute Gasteiger partial charge is 0.872 e. The first kappa shape index (κ1) is 27.6. The standard InChI is InChI=1S/C23H32O5S.K/c1-2-3-4-5-6-7-8-9-11-14-19-17-22(28-20-15-12-10-13-16-20)23(18-21(19)24)29(25,26)27;/h10,12-13,15-18,24H,2-9,11,14H2,1H3,(H,25,26,27);/q;+1/p-1. The minimum Gasteiger partial charge on any atom is -0.872 e. The zero-order valence-electron chi connectivity index (χ0n) is 18.1. The quantitative estimate of drug-likeness (QED) is 0.283. The molecule has 2 rings (SSSR count). The molecule has 7 heteroatoms. The Morgan fingerprint density at radius 2 is 1.47 bits per heavy atom. The van der Waals surface area contributed by atoms with Gasteiger partial charge in [0.05, 0.1) is 0 Å². The van der Waals surface area contributed by atoms with E-state index in [0.29, 0.717) is 17.7 Å². The summed E-state index contributed by atoms with van der Waals surface area (Å²) in [5.41, 5.74) is 0.506. The number of rotatable bonds is 13. The van der Waals surface area contributed by atoms with Gasteiger partial charge in [-0.1, -0.05) is 82.1 Å². The van der Waals surface area contributed by atoms with Gasteiger partial charge in [0.2, 0.25) is 0 Å². The van der Waals surface area contributed by atoms with E-state index in [9.17, 15) is 18.1 Å². The van der Waals surface area contributed by atoms with Crippen molar-refractivity contribution in [2.45, 2.75) is 76.0 Å². The number of hydrogen-bond acceptors (Lipinski definition) is 4. The van der Waals surface area contributed by atoms with Crippen LogP contribution in [0.5, 0.6) is 17.2 Å². The average molecular weight is 459 g/mol. The molecule has 5 nitrogen and oxygen atoms in total. The fourth-order valence-electron chi connectivity index (χ4n) is 3.30. The molecule has 0 radical (unpaired) electrons. The number of para-hydroxylation sites is 1. The van der Waals surface area contributed by atoms with E-state index >= 15 is 0 Å². The fraction of sp³-hybridized carbons (Fsp3) is 0.478. The van der Waals surface area contributed by atoms with Crippen molar-refractivity contribution >= 4 is 10.1 Å². The SMILES string of the molecule is CCCCCCCCCCCc1cc(Oc2ccccc2)c(S(=O)(=O)O)cc1[O-].[K+]. The first-order chi connectivity index (χ1) is 13.9.